The average molecular weight is 555 g/mol. The highest BCUT2D eigenvalue weighted by molar-refractivity contribution is 5.96. The Labute approximate surface area is 228 Å². The highest BCUT2D eigenvalue weighted by Gasteiger charge is 2.36. The molecule has 0 bridgehead atoms. The van der Waals surface area contributed by atoms with Gasteiger partial charge in [0, 0.05) is 49.8 Å². The van der Waals surface area contributed by atoms with Crippen LogP contribution in [0.25, 0.3) is 16.7 Å². The van der Waals surface area contributed by atoms with E-state index in [2.05, 4.69) is 25.2 Å². The summed E-state index contributed by atoms with van der Waals surface area (Å²) in [6.45, 7) is 5.02. The number of aliphatic hydroxyl groups is 1. The number of nitrogens with one attached hydrogen (secondary N) is 1. The minimum atomic E-state index is -4.48. The first-order valence-electron chi connectivity index (χ1n) is 12.7. The van der Waals surface area contributed by atoms with E-state index in [4.69, 9.17) is 4.74 Å². The standard InChI is InChI=1S/C28H29F3N6O3/c1-27(2,39)17-40-24-16-36(14-20-5-3-4-9-32-20)15-22(24)35-26(38)21-11-23-18(12-33-21)8-10-37(23)25-7-6-19(13-34-25)28(29,30)31/h3-13,22,24,39H,14-17H2,1-2H3,(H,35,38)/t22-,24-/m1/s1. The van der Waals surface area contributed by atoms with Crippen molar-refractivity contribution in [3.63, 3.8) is 0 Å². The van der Waals surface area contributed by atoms with E-state index in [0.29, 0.717) is 30.5 Å². The Morgan fingerprint density at radius 3 is 2.60 bits per heavy atom. The molecule has 0 aliphatic carbocycles. The van der Waals surface area contributed by atoms with Crippen LogP contribution in [-0.2, 0) is 17.5 Å². The van der Waals surface area contributed by atoms with Crippen LogP contribution in [0.15, 0.2) is 67.3 Å². The molecule has 0 radical (unpaired) electrons. The molecular weight excluding hydrogens is 525 g/mol. The van der Waals surface area contributed by atoms with Crippen molar-refractivity contribution in [1.29, 1.82) is 0 Å². The van der Waals surface area contributed by atoms with Gasteiger partial charge >= 0.3 is 6.18 Å². The zero-order chi connectivity index (χ0) is 28.5. The molecule has 1 aliphatic heterocycles. The lowest BCUT2D eigenvalue weighted by Gasteiger charge is -2.24. The van der Waals surface area contributed by atoms with Crippen LogP contribution in [0.4, 0.5) is 13.2 Å². The van der Waals surface area contributed by atoms with Gasteiger partial charge in [-0.3, -0.25) is 19.7 Å². The van der Waals surface area contributed by atoms with Crippen LogP contribution >= 0.6 is 0 Å². The summed E-state index contributed by atoms with van der Waals surface area (Å²) < 4.78 is 46.5. The molecule has 1 amide bonds. The van der Waals surface area contributed by atoms with Crippen LogP contribution in [-0.4, -0.2) is 72.9 Å². The molecular formula is C28H29F3N6O3. The normalized spacial score (nSPS) is 18.4. The molecule has 0 saturated carbocycles. The van der Waals surface area contributed by atoms with E-state index in [0.717, 1.165) is 18.0 Å². The van der Waals surface area contributed by atoms with Crippen LogP contribution < -0.4 is 5.32 Å². The molecule has 4 aromatic rings. The van der Waals surface area contributed by atoms with Crippen LogP contribution in [0, 0.1) is 0 Å². The lowest BCUT2D eigenvalue weighted by atomic mass is 10.1. The summed E-state index contributed by atoms with van der Waals surface area (Å²) in [5.74, 6) is -0.141. The summed E-state index contributed by atoms with van der Waals surface area (Å²) in [5, 5.41) is 13.9. The summed E-state index contributed by atoms with van der Waals surface area (Å²) in [4.78, 5) is 28.1. The van der Waals surface area contributed by atoms with Gasteiger partial charge in [0.2, 0.25) is 0 Å². The second kappa shape index (κ2) is 11.0. The zero-order valence-corrected chi connectivity index (χ0v) is 22.0. The predicted octanol–water partition coefficient (Wildman–Crippen LogP) is 3.60. The maximum Gasteiger partial charge on any atom is 0.417 e. The van der Waals surface area contributed by atoms with Gasteiger partial charge in [-0.1, -0.05) is 6.07 Å². The molecule has 2 N–H and O–H groups in total. The Morgan fingerprint density at radius 1 is 1.10 bits per heavy atom. The van der Waals surface area contributed by atoms with Crippen LogP contribution in [0.2, 0.25) is 0 Å². The summed E-state index contributed by atoms with van der Waals surface area (Å²) in [7, 11) is 0. The highest BCUT2D eigenvalue weighted by Crippen LogP contribution is 2.29. The van der Waals surface area contributed by atoms with E-state index in [1.54, 1.807) is 42.9 Å². The average Bonchev–Trinajstić information content (AvgIpc) is 3.50. The van der Waals surface area contributed by atoms with E-state index in [9.17, 15) is 23.1 Å². The van der Waals surface area contributed by atoms with Crippen molar-refractivity contribution in [3.05, 3.63) is 84.2 Å². The minimum absolute atomic E-state index is 0.0965. The molecule has 5 heterocycles. The van der Waals surface area contributed by atoms with Crippen molar-refractivity contribution in [2.45, 2.75) is 44.3 Å². The number of nitrogens with zero attached hydrogens (tertiary/aromatic N) is 5. The van der Waals surface area contributed by atoms with Gasteiger partial charge in [-0.05, 0) is 50.2 Å². The maximum atomic E-state index is 13.3. The lowest BCUT2D eigenvalue weighted by molar-refractivity contribution is -0.137. The van der Waals surface area contributed by atoms with Gasteiger partial charge in [-0.2, -0.15) is 13.2 Å². The molecule has 2 atom stereocenters. The van der Waals surface area contributed by atoms with Gasteiger partial charge in [0.05, 0.1) is 41.1 Å². The van der Waals surface area contributed by atoms with Crippen molar-refractivity contribution in [1.82, 2.24) is 29.7 Å². The molecule has 0 spiro atoms. The second-order valence-corrected chi connectivity index (χ2v) is 10.5. The molecule has 4 aromatic heterocycles. The number of pyridine rings is 3. The third-order valence-corrected chi connectivity index (χ3v) is 6.55. The minimum Gasteiger partial charge on any atom is -0.388 e. The van der Waals surface area contributed by atoms with Crippen molar-refractivity contribution >= 4 is 16.8 Å². The van der Waals surface area contributed by atoms with E-state index in [-0.39, 0.29) is 30.3 Å². The topological polar surface area (TPSA) is 105 Å². The molecule has 9 nitrogen and oxygen atoms in total. The third-order valence-electron chi connectivity index (χ3n) is 6.55. The van der Waals surface area contributed by atoms with Crippen LogP contribution in [0.3, 0.4) is 0 Å². The Hall–Kier alpha value is -3.87. The Kier molecular flexibility index (Phi) is 7.58. The Balaban J connectivity index is 1.34. The van der Waals surface area contributed by atoms with Crippen molar-refractivity contribution in [2.24, 2.45) is 0 Å². The Bertz CT molecular complexity index is 1470. The SMILES string of the molecule is CC(C)(O)CO[C@@H]1CN(Cc2ccccn2)C[C@H]1NC(=O)c1cc2c(ccn2-c2ccc(C(F)(F)F)cn2)cn1. The molecule has 0 unspecified atom stereocenters. The number of carbonyl (C=O) groups is 1. The number of aromatic nitrogens is 4. The molecule has 5 rings (SSSR count). The molecule has 1 saturated heterocycles. The monoisotopic (exact) mass is 554 g/mol. The third kappa shape index (κ3) is 6.46. The summed E-state index contributed by atoms with van der Waals surface area (Å²) >= 11 is 0. The van der Waals surface area contributed by atoms with Crippen molar-refractivity contribution in [2.75, 3.05) is 19.7 Å². The summed E-state index contributed by atoms with van der Waals surface area (Å²) in [5.41, 5.74) is -0.271. The van der Waals surface area contributed by atoms with Crippen molar-refractivity contribution < 1.29 is 27.8 Å². The van der Waals surface area contributed by atoms with E-state index < -0.39 is 23.2 Å². The van der Waals surface area contributed by atoms with Gasteiger partial charge < -0.3 is 19.7 Å². The number of halogens is 3. The number of likely N-dealkylation sites (tertiary alicyclic amines) is 1. The number of hydrogen-bond donors (Lipinski definition) is 2. The van der Waals surface area contributed by atoms with E-state index >= 15 is 0 Å². The largest absolute Gasteiger partial charge is 0.417 e. The first kappa shape index (κ1) is 27.7. The number of amides is 1. The Morgan fingerprint density at radius 2 is 1.93 bits per heavy atom. The predicted molar refractivity (Wildman–Crippen MR) is 141 cm³/mol. The van der Waals surface area contributed by atoms with Crippen LogP contribution in [0.5, 0.6) is 0 Å². The first-order chi connectivity index (χ1) is 19.0. The number of fused-ring (bicyclic) bond motifs is 1. The van der Waals surface area contributed by atoms with E-state index in [1.807, 2.05) is 18.2 Å². The molecule has 210 valence electrons. The molecule has 12 heteroatoms. The van der Waals surface area contributed by atoms with E-state index in [1.165, 1.54) is 12.3 Å². The lowest BCUT2D eigenvalue weighted by Crippen LogP contribution is -2.45. The van der Waals surface area contributed by atoms with Gasteiger partial charge in [-0.15, -0.1) is 0 Å². The fraction of sp³-hybridized carbons (Fsp3) is 0.357. The van der Waals surface area contributed by atoms with Gasteiger partial charge in [-0.25, -0.2) is 4.98 Å². The smallest absolute Gasteiger partial charge is 0.388 e. The fourth-order valence-corrected chi connectivity index (χ4v) is 4.61. The zero-order valence-electron chi connectivity index (χ0n) is 22.0. The number of carbonyl (C=O) groups excluding carboxylic acids is 1. The van der Waals surface area contributed by atoms with Gasteiger partial charge in [0.15, 0.2) is 0 Å². The quantitative estimate of drug-likeness (QED) is 0.343. The first-order valence-corrected chi connectivity index (χ1v) is 12.7. The number of rotatable bonds is 8. The number of alkyl halides is 3. The summed E-state index contributed by atoms with van der Waals surface area (Å²) in [6.07, 6.45) is 0.849. The number of hydrogen-bond acceptors (Lipinski definition) is 7. The molecule has 1 fully saturated rings. The second-order valence-electron chi connectivity index (χ2n) is 10.5. The summed E-state index contributed by atoms with van der Waals surface area (Å²) in [6, 6.07) is 10.9. The van der Waals surface area contributed by atoms with Crippen LogP contribution in [0.1, 0.15) is 35.6 Å². The molecule has 1 aliphatic rings. The maximum absolute atomic E-state index is 13.3. The van der Waals surface area contributed by atoms with Gasteiger partial charge in [0.1, 0.15) is 11.5 Å². The molecule has 0 aromatic carbocycles. The molecule has 40 heavy (non-hydrogen) atoms. The van der Waals surface area contributed by atoms with Crippen molar-refractivity contribution in [3.8, 4) is 5.82 Å². The fourth-order valence-electron chi connectivity index (χ4n) is 4.61. The number of ether oxygens (including phenoxy) is 1. The highest BCUT2D eigenvalue weighted by atomic mass is 19.4. The van der Waals surface area contributed by atoms with Gasteiger partial charge in [0.25, 0.3) is 5.91 Å².